The van der Waals surface area contributed by atoms with Crippen LogP contribution in [0.4, 0.5) is 0 Å². The Bertz CT molecular complexity index is 314. The molecule has 0 saturated carbocycles. The number of ether oxygens (including phenoxy) is 1. The van der Waals surface area contributed by atoms with Crippen LogP contribution in [0, 0.1) is 0 Å². The normalized spacial score (nSPS) is 12.2. The van der Waals surface area contributed by atoms with Crippen molar-refractivity contribution in [3.05, 3.63) is 35.4 Å². The Morgan fingerprint density at radius 2 is 2.00 bits per heavy atom. The second-order valence-electron chi connectivity index (χ2n) is 3.47. The van der Waals surface area contributed by atoms with Crippen LogP contribution in [0.2, 0.25) is 0 Å². The van der Waals surface area contributed by atoms with Crippen LogP contribution in [0.25, 0.3) is 0 Å². The lowest BCUT2D eigenvalue weighted by Crippen LogP contribution is -2.06. The van der Waals surface area contributed by atoms with Crippen molar-refractivity contribution in [1.82, 2.24) is 0 Å². The summed E-state index contributed by atoms with van der Waals surface area (Å²) in [6.45, 7) is 3.90. The molecule has 0 radical (unpaired) electrons. The first kappa shape index (κ1) is 11.7. The number of esters is 1. The molecule has 0 aliphatic rings. The minimum absolute atomic E-state index is 0.305. The molecule has 0 fully saturated rings. The van der Waals surface area contributed by atoms with E-state index in [1.807, 2.05) is 12.1 Å². The highest BCUT2D eigenvalue weighted by atomic mass is 16.5. The number of rotatable bonds is 4. The van der Waals surface area contributed by atoms with Crippen LogP contribution in [-0.4, -0.2) is 23.8 Å². The second kappa shape index (κ2) is 5.51. The highest BCUT2D eigenvalue weighted by Crippen LogP contribution is 2.08. The predicted molar refractivity (Wildman–Crippen MR) is 57.8 cm³/mol. The lowest BCUT2D eigenvalue weighted by molar-refractivity contribution is 0.0526. The summed E-state index contributed by atoms with van der Waals surface area (Å²) >= 11 is 0. The zero-order valence-corrected chi connectivity index (χ0v) is 9.06. The van der Waals surface area contributed by atoms with Crippen molar-refractivity contribution >= 4 is 5.97 Å². The van der Waals surface area contributed by atoms with E-state index in [0.717, 1.165) is 5.56 Å². The third kappa shape index (κ3) is 3.72. The van der Waals surface area contributed by atoms with Crippen LogP contribution in [0.5, 0.6) is 0 Å². The molecular formula is C12H16O3. The van der Waals surface area contributed by atoms with Gasteiger partial charge in [-0.2, -0.15) is 0 Å². The summed E-state index contributed by atoms with van der Waals surface area (Å²) in [6.07, 6.45) is 0.238. The van der Waals surface area contributed by atoms with Gasteiger partial charge in [0.1, 0.15) is 0 Å². The van der Waals surface area contributed by atoms with E-state index < -0.39 is 0 Å². The number of hydrogen-bond donors (Lipinski definition) is 1. The van der Waals surface area contributed by atoms with Gasteiger partial charge in [-0.05, 0) is 38.0 Å². The van der Waals surface area contributed by atoms with E-state index >= 15 is 0 Å². The van der Waals surface area contributed by atoms with E-state index in [4.69, 9.17) is 4.74 Å². The Morgan fingerprint density at radius 3 is 2.47 bits per heavy atom. The molecule has 1 atom stereocenters. The maximum atomic E-state index is 11.3. The molecule has 3 nitrogen and oxygen atoms in total. The molecule has 1 rings (SSSR count). The lowest BCUT2D eigenvalue weighted by Gasteiger charge is -2.05. The lowest BCUT2D eigenvalue weighted by atomic mass is 10.1. The Kier molecular flexibility index (Phi) is 4.31. The van der Waals surface area contributed by atoms with Crippen LogP contribution in [0.15, 0.2) is 24.3 Å². The van der Waals surface area contributed by atoms with Gasteiger partial charge in [0.2, 0.25) is 0 Å². The minimum Gasteiger partial charge on any atom is -0.462 e. The average molecular weight is 208 g/mol. The van der Waals surface area contributed by atoms with Crippen molar-refractivity contribution in [2.24, 2.45) is 0 Å². The predicted octanol–water partition coefficient (Wildman–Crippen LogP) is 1.79. The molecule has 0 heterocycles. The highest BCUT2D eigenvalue weighted by Gasteiger charge is 2.06. The largest absolute Gasteiger partial charge is 0.462 e. The molecule has 1 unspecified atom stereocenters. The van der Waals surface area contributed by atoms with Gasteiger partial charge in [-0.1, -0.05) is 12.1 Å². The van der Waals surface area contributed by atoms with Crippen molar-refractivity contribution < 1.29 is 14.6 Å². The van der Waals surface area contributed by atoms with Crippen molar-refractivity contribution in [3.63, 3.8) is 0 Å². The van der Waals surface area contributed by atoms with Gasteiger partial charge >= 0.3 is 5.97 Å². The van der Waals surface area contributed by atoms with Crippen LogP contribution in [0.3, 0.4) is 0 Å². The molecule has 1 aromatic carbocycles. The van der Waals surface area contributed by atoms with Gasteiger partial charge in [-0.3, -0.25) is 0 Å². The Labute approximate surface area is 89.7 Å². The minimum atomic E-state index is -0.363. The molecule has 0 saturated heterocycles. The molecule has 0 spiro atoms. The van der Waals surface area contributed by atoms with Gasteiger partial charge in [-0.25, -0.2) is 4.79 Å². The summed E-state index contributed by atoms with van der Waals surface area (Å²) in [4.78, 5) is 11.3. The van der Waals surface area contributed by atoms with Gasteiger partial charge in [0.25, 0.3) is 0 Å². The van der Waals surface area contributed by atoms with Gasteiger partial charge in [0.05, 0.1) is 18.3 Å². The molecule has 0 aliphatic carbocycles. The van der Waals surface area contributed by atoms with E-state index in [1.54, 1.807) is 26.0 Å². The van der Waals surface area contributed by atoms with E-state index in [0.29, 0.717) is 18.6 Å². The van der Waals surface area contributed by atoms with Crippen molar-refractivity contribution in [3.8, 4) is 0 Å². The van der Waals surface area contributed by atoms with Crippen LogP contribution >= 0.6 is 0 Å². The van der Waals surface area contributed by atoms with Crippen LogP contribution in [0.1, 0.15) is 29.8 Å². The molecule has 15 heavy (non-hydrogen) atoms. The van der Waals surface area contributed by atoms with E-state index in [1.165, 1.54) is 0 Å². The number of aliphatic hydroxyl groups excluding tert-OH is 1. The smallest absolute Gasteiger partial charge is 0.338 e. The molecule has 0 bridgehead atoms. The van der Waals surface area contributed by atoms with E-state index in [9.17, 15) is 9.90 Å². The van der Waals surface area contributed by atoms with Crippen LogP contribution in [-0.2, 0) is 11.2 Å². The molecule has 0 amide bonds. The first-order chi connectivity index (χ1) is 7.13. The summed E-state index contributed by atoms with van der Waals surface area (Å²) in [5.74, 6) is -0.305. The van der Waals surface area contributed by atoms with Gasteiger partial charge in [0.15, 0.2) is 0 Å². The fourth-order valence-corrected chi connectivity index (χ4v) is 1.33. The van der Waals surface area contributed by atoms with E-state index in [-0.39, 0.29) is 12.1 Å². The maximum Gasteiger partial charge on any atom is 0.338 e. The summed E-state index contributed by atoms with van der Waals surface area (Å²) in [5.41, 5.74) is 1.56. The van der Waals surface area contributed by atoms with E-state index in [2.05, 4.69) is 0 Å². The monoisotopic (exact) mass is 208 g/mol. The molecule has 1 N–H and O–H groups in total. The highest BCUT2D eigenvalue weighted by molar-refractivity contribution is 5.89. The zero-order valence-electron chi connectivity index (χ0n) is 9.06. The number of carbonyl (C=O) groups excluding carboxylic acids is 1. The molecular weight excluding hydrogens is 192 g/mol. The number of hydrogen-bond acceptors (Lipinski definition) is 3. The SMILES string of the molecule is CCOC(=O)c1ccc(CC(C)O)cc1. The third-order valence-corrected chi connectivity index (χ3v) is 2.00. The molecule has 0 aliphatic heterocycles. The zero-order chi connectivity index (χ0) is 11.3. The molecule has 0 aromatic heterocycles. The van der Waals surface area contributed by atoms with Crippen molar-refractivity contribution in [2.75, 3.05) is 6.61 Å². The number of benzene rings is 1. The maximum absolute atomic E-state index is 11.3. The first-order valence-corrected chi connectivity index (χ1v) is 5.07. The third-order valence-electron chi connectivity index (χ3n) is 2.00. The molecule has 1 aromatic rings. The number of carbonyl (C=O) groups is 1. The van der Waals surface area contributed by atoms with Gasteiger partial charge in [-0.15, -0.1) is 0 Å². The Balaban J connectivity index is 2.67. The van der Waals surface area contributed by atoms with Crippen molar-refractivity contribution in [2.45, 2.75) is 26.4 Å². The summed E-state index contributed by atoms with van der Waals surface area (Å²) in [7, 11) is 0. The summed E-state index contributed by atoms with van der Waals surface area (Å²) < 4.78 is 4.86. The Hall–Kier alpha value is -1.35. The van der Waals surface area contributed by atoms with Gasteiger partial charge < -0.3 is 9.84 Å². The second-order valence-corrected chi connectivity index (χ2v) is 3.47. The summed E-state index contributed by atoms with van der Waals surface area (Å²) in [5, 5.41) is 9.18. The van der Waals surface area contributed by atoms with Crippen LogP contribution < -0.4 is 0 Å². The number of aliphatic hydroxyl groups is 1. The molecule has 3 heteroatoms. The van der Waals surface area contributed by atoms with Crippen molar-refractivity contribution in [1.29, 1.82) is 0 Å². The first-order valence-electron chi connectivity index (χ1n) is 5.07. The quantitative estimate of drug-likeness (QED) is 0.767. The Morgan fingerprint density at radius 1 is 1.40 bits per heavy atom. The topological polar surface area (TPSA) is 46.5 Å². The standard InChI is InChI=1S/C12H16O3/c1-3-15-12(14)11-6-4-10(5-7-11)8-9(2)13/h4-7,9,13H,3,8H2,1-2H3. The molecule has 82 valence electrons. The van der Waals surface area contributed by atoms with Gasteiger partial charge in [0, 0.05) is 0 Å². The summed E-state index contributed by atoms with van der Waals surface area (Å²) in [6, 6.07) is 7.10. The fraction of sp³-hybridized carbons (Fsp3) is 0.417. The average Bonchev–Trinajstić information content (AvgIpc) is 2.18. The fourth-order valence-electron chi connectivity index (χ4n) is 1.33.